The number of rotatable bonds is 4. The molecule has 1 N–H and O–H groups in total. The Morgan fingerprint density at radius 2 is 1.84 bits per heavy atom. The first kappa shape index (κ1) is 13.9. The molecule has 0 aromatic heterocycles. The predicted octanol–water partition coefficient (Wildman–Crippen LogP) is 4.28. The number of halogens is 1. The fourth-order valence-electron chi connectivity index (χ4n) is 1.82. The quantitative estimate of drug-likeness (QED) is 0.903. The Balaban J connectivity index is 2.13. The van der Waals surface area contributed by atoms with Crippen LogP contribution in [-0.2, 0) is 6.61 Å². The van der Waals surface area contributed by atoms with Crippen molar-refractivity contribution in [2.45, 2.75) is 26.6 Å². The molecule has 2 rings (SSSR count). The Hall–Kier alpha value is -1.51. The second-order valence-corrected chi connectivity index (χ2v) is 5.07. The third-order valence-corrected chi connectivity index (χ3v) is 3.17. The lowest BCUT2D eigenvalue weighted by Crippen LogP contribution is -2.01. The van der Waals surface area contributed by atoms with Gasteiger partial charge in [-0.25, -0.2) is 0 Å². The number of ether oxygens (including phenoxy) is 1. The van der Waals surface area contributed by atoms with Gasteiger partial charge in [-0.05, 0) is 37.6 Å². The van der Waals surface area contributed by atoms with Gasteiger partial charge in [-0.1, -0.05) is 41.4 Å². The van der Waals surface area contributed by atoms with E-state index in [2.05, 4.69) is 19.1 Å². The fraction of sp³-hybridized carbons (Fsp3) is 0.250. The van der Waals surface area contributed by atoms with Gasteiger partial charge in [0, 0.05) is 10.6 Å². The van der Waals surface area contributed by atoms with Gasteiger partial charge in [0.15, 0.2) is 0 Å². The Kier molecular flexibility index (Phi) is 4.46. The lowest BCUT2D eigenvalue weighted by molar-refractivity contribution is 0.190. The molecule has 100 valence electrons. The third-order valence-electron chi connectivity index (χ3n) is 2.94. The van der Waals surface area contributed by atoms with Crippen LogP contribution in [0.15, 0.2) is 42.5 Å². The summed E-state index contributed by atoms with van der Waals surface area (Å²) in [6.07, 6.45) is -0.605. The largest absolute Gasteiger partial charge is 0.489 e. The van der Waals surface area contributed by atoms with Gasteiger partial charge in [0.2, 0.25) is 0 Å². The van der Waals surface area contributed by atoms with Crippen LogP contribution in [-0.4, -0.2) is 5.11 Å². The van der Waals surface area contributed by atoms with Gasteiger partial charge in [0.05, 0.1) is 6.10 Å². The molecular formula is C16H17ClO2. The van der Waals surface area contributed by atoms with Crippen LogP contribution in [0.2, 0.25) is 5.02 Å². The molecule has 0 bridgehead atoms. The molecule has 1 atom stereocenters. The number of aliphatic hydroxyl groups is 1. The fourth-order valence-corrected chi connectivity index (χ4v) is 2.00. The average molecular weight is 277 g/mol. The average Bonchev–Trinajstić information content (AvgIpc) is 2.39. The standard InChI is InChI=1S/C16H17ClO2/c1-11-3-5-13(6-4-11)10-19-16-8-7-14(17)9-15(16)12(2)18/h3-9,12,18H,10H2,1-2H3/t12-/m1/s1. The molecule has 2 aromatic rings. The number of hydrogen-bond acceptors (Lipinski definition) is 2. The van der Waals surface area contributed by atoms with Crippen molar-refractivity contribution in [2.75, 3.05) is 0 Å². The van der Waals surface area contributed by atoms with Crippen LogP contribution < -0.4 is 4.74 Å². The van der Waals surface area contributed by atoms with Crippen LogP contribution in [0.1, 0.15) is 29.7 Å². The Morgan fingerprint density at radius 1 is 1.16 bits per heavy atom. The minimum Gasteiger partial charge on any atom is -0.489 e. The minimum absolute atomic E-state index is 0.474. The van der Waals surface area contributed by atoms with Crippen LogP contribution in [0.25, 0.3) is 0 Å². The van der Waals surface area contributed by atoms with Crippen molar-refractivity contribution < 1.29 is 9.84 Å². The molecule has 0 aliphatic heterocycles. The summed E-state index contributed by atoms with van der Waals surface area (Å²) in [4.78, 5) is 0. The summed E-state index contributed by atoms with van der Waals surface area (Å²) in [5.74, 6) is 0.667. The van der Waals surface area contributed by atoms with E-state index in [-0.39, 0.29) is 0 Å². The summed E-state index contributed by atoms with van der Waals surface area (Å²) < 4.78 is 5.76. The van der Waals surface area contributed by atoms with Gasteiger partial charge in [-0.3, -0.25) is 0 Å². The normalized spacial score (nSPS) is 12.2. The maximum atomic E-state index is 9.72. The van der Waals surface area contributed by atoms with Crippen LogP contribution in [0.4, 0.5) is 0 Å². The summed E-state index contributed by atoms with van der Waals surface area (Å²) in [6, 6.07) is 13.5. The van der Waals surface area contributed by atoms with E-state index in [4.69, 9.17) is 16.3 Å². The van der Waals surface area contributed by atoms with Crippen molar-refractivity contribution in [3.05, 3.63) is 64.2 Å². The topological polar surface area (TPSA) is 29.5 Å². The lowest BCUT2D eigenvalue weighted by Gasteiger charge is -2.14. The summed E-state index contributed by atoms with van der Waals surface area (Å²) in [6.45, 7) is 4.22. The molecule has 0 spiro atoms. The van der Waals surface area contributed by atoms with Gasteiger partial charge < -0.3 is 9.84 Å². The molecule has 0 saturated heterocycles. The van der Waals surface area contributed by atoms with Crippen LogP contribution in [0, 0.1) is 6.92 Å². The maximum absolute atomic E-state index is 9.72. The molecule has 0 amide bonds. The van der Waals surface area contributed by atoms with E-state index < -0.39 is 6.10 Å². The number of aryl methyl sites for hydroxylation is 1. The first-order chi connectivity index (χ1) is 9.06. The zero-order valence-corrected chi connectivity index (χ0v) is 11.8. The van der Waals surface area contributed by atoms with E-state index >= 15 is 0 Å². The highest BCUT2D eigenvalue weighted by Crippen LogP contribution is 2.28. The summed E-state index contributed by atoms with van der Waals surface area (Å²) in [7, 11) is 0. The Labute approximate surface area is 118 Å². The number of hydrogen-bond donors (Lipinski definition) is 1. The van der Waals surface area contributed by atoms with Crippen molar-refractivity contribution in [2.24, 2.45) is 0 Å². The predicted molar refractivity (Wildman–Crippen MR) is 77.6 cm³/mol. The van der Waals surface area contributed by atoms with E-state index in [1.807, 2.05) is 12.1 Å². The van der Waals surface area contributed by atoms with Crippen molar-refractivity contribution in [3.63, 3.8) is 0 Å². The van der Waals surface area contributed by atoms with E-state index in [9.17, 15) is 5.11 Å². The van der Waals surface area contributed by atoms with Crippen molar-refractivity contribution in [1.29, 1.82) is 0 Å². The number of benzene rings is 2. The van der Waals surface area contributed by atoms with Gasteiger partial charge in [0.1, 0.15) is 12.4 Å². The summed E-state index contributed by atoms with van der Waals surface area (Å²) >= 11 is 5.93. The molecule has 19 heavy (non-hydrogen) atoms. The van der Waals surface area contributed by atoms with Gasteiger partial charge in [-0.2, -0.15) is 0 Å². The molecule has 2 aromatic carbocycles. The zero-order chi connectivity index (χ0) is 13.8. The number of aliphatic hydroxyl groups excluding tert-OH is 1. The first-order valence-corrected chi connectivity index (χ1v) is 6.60. The highest BCUT2D eigenvalue weighted by Gasteiger charge is 2.10. The SMILES string of the molecule is Cc1ccc(COc2ccc(Cl)cc2[C@@H](C)O)cc1. The molecule has 0 saturated carbocycles. The third kappa shape index (κ3) is 3.72. The first-order valence-electron chi connectivity index (χ1n) is 6.22. The van der Waals surface area contributed by atoms with E-state index in [1.54, 1.807) is 25.1 Å². The highest BCUT2D eigenvalue weighted by atomic mass is 35.5. The van der Waals surface area contributed by atoms with Gasteiger partial charge >= 0.3 is 0 Å². The Morgan fingerprint density at radius 3 is 2.47 bits per heavy atom. The Bertz CT molecular complexity index is 547. The van der Waals surface area contributed by atoms with Gasteiger partial charge in [-0.15, -0.1) is 0 Å². The van der Waals surface area contributed by atoms with Gasteiger partial charge in [0.25, 0.3) is 0 Å². The zero-order valence-electron chi connectivity index (χ0n) is 11.1. The molecular weight excluding hydrogens is 260 g/mol. The molecule has 0 aliphatic carbocycles. The molecule has 0 unspecified atom stereocenters. The monoisotopic (exact) mass is 276 g/mol. The molecule has 2 nitrogen and oxygen atoms in total. The molecule has 0 aliphatic rings. The van der Waals surface area contributed by atoms with E-state index in [0.717, 1.165) is 5.56 Å². The van der Waals surface area contributed by atoms with Crippen molar-refractivity contribution in [3.8, 4) is 5.75 Å². The van der Waals surface area contributed by atoms with Crippen LogP contribution >= 0.6 is 11.6 Å². The van der Waals surface area contributed by atoms with Crippen molar-refractivity contribution >= 4 is 11.6 Å². The van der Waals surface area contributed by atoms with Crippen LogP contribution in [0.5, 0.6) is 5.75 Å². The smallest absolute Gasteiger partial charge is 0.125 e. The molecule has 3 heteroatoms. The lowest BCUT2D eigenvalue weighted by atomic mass is 10.1. The minimum atomic E-state index is -0.605. The van der Waals surface area contributed by atoms with Crippen LogP contribution in [0.3, 0.4) is 0 Å². The molecule has 0 fully saturated rings. The molecule has 0 radical (unpaired) electrons. The van der Waals surface area contributed by atoms with Crippen molar-refractivity contribution in [1.82, 2.24) is 0 Å². The maximum Gasteiger partial charge on any atom is 0.125 e. The molecule has 0 heterocycles. The van der Waals surface area contributed by atoms with E-state index in [0.29, 0.717) is 22.9 Å². The van der Waals surface area contributed by atoms with E-state index in [1.165, 1.54) is 5.56 Å². The highest BCUT2D eigenvalue weighted by molar-refractivity contribution is 6.30. The summed E-state index contributed by atoms with van der Waals surface area (Å²) in [5, 5.41) is 10.3. The summed E-state index contributed by atoms with van der Waals surface area (Å²) in [5.41, 5.74) is 3.02. The second-order valence-electron chi connectivity index (χ2n) is 4.63. The second kappa shape index (κ2) is 6.09.